The molecule has 0 aliphatic rings. The van der Waals surface area contributed by atoms with Gasteiger partial charge in [-0.3, -0.25) is 9.59 Å². The summed E-state index contributed by atoms with van der Waals surface area (Å²) in [5, 5.41) is 2.55. The van der Waals surface area contributed by atoms with Crippen LogP contribution in [0.2, 0.25) is 0 Å². The lowest BCUT2D eigenvalue weighted by atomic mass is 10.1. The van der Waals surface area contributed by atoms with Gasteiger partial charge in [-0.25, -0.2) is 0 Å². The van der Waals surface area contributed by atoms with E-state index in [-0.39, 0.29) is 24.9 Å². The summed E-state index contributed by atoms with van der Waals surface area (Å²) in [4.78, 5) is 23.3. The van der Waals surface area contributed by atoms with Gasteiger partial charge in [0.25, 0.3) is 5.91 Å². The van der Waals surface area contributed by atoms with Crippen molar-refractivity contribution in [3.63, 3.8) is 0 Å². The van der Waals surface area contributed by atoms with Gasteiger partial charge in [-0.05, 0) is 23.3 Å². The third-order valence-corrected chi connectivity index (χ3v) is 3.01. The molecule has 2 aromatic rings. The molecule has 4 nitrogen and oxygen atoms in total. The van der Waals surface area contributed by atoms with Crippen LogP contribution in [0.1, 0.15) is 21.5 Å². The largest absolute Gasteiger partial charge is 0.461 e. The van der Waals surface area contributed by atoms with Gasteiger partial charge >= 0.3 is 5.97 Å². The van der Waals surface area contributed by atoms with Crippen molar-refractivity contribution >= 4 is 11.9 Å². The third kappa shape index (κ3) is 4.45. The van der Waals surface area contributed by atoms with E-state index in [0.29, 0.717) is 5.56 Å². The van der Waals surface area contributed by atoms with Crippen molar-refractivity contribution in [3.05, 3.63) is 71.3 Å². The highest BCUT2D eigenvalue weighted by atomic mass is 16.5. The number of ether oxygens (including phenoxy) is 1. The van der Waals surface area contributed by atoms with E-state index in [1.807, 2.05) is 30.3 Å². The number of esters is 1. The molecule has 0 saturated heterocycles. The first-order valence-corrected chi connectivity index (χ1v) is 6.69. The molecule has 0 saturated carbocycles. The van der Waals surface area contributed by atoms with Gasteiger partial charge in [0, 0.05) is 12.6 Å². The molecule has 0 unspecified atom stereocenters. The highest BCUT2D eigenvalue weighted by Crippen LogP contribution is 2.08. The number of carbonyl (C=O) groups excluding carboxylic acids is 2. The lowest BCUT2D eigenvalue weighted by Crippen LogP contribution is -2.18. The normalized spacial score (nSPS) is 9.95. The van der Waals surface area contributed by atoms with Crippen LogP contribution in [-0.2, 0) is 22.6 Å². The molecule has 2 aromatic carbocycles. The number of hydrogen-bond acceptors (Lipinski definition) is 3. The number of amides is 1. The lowest BCUT2D eigenvalue weighted by Gasteiger charge is -2.06. The summed E-state index contributed by atoms with van der Waals surface area (Å²) < 4.78 is 5.22. The maximum absolute atomic E-state index is 11.8. The van der Waals surface area contributed by atoms with Crippen LogP contribution in [-0.4, -0.2) is 18.9 Å². The maximum atomic E-state index is 11.8. The first kappa shape index (κ1) is 14.8. The Morgan fingerprint density at radius 3 is 2.43 bits per heavy atom. The van der Waals surface area contributed by atoms with E-state index >= 15 is 0 Å². The van der Waals surface area contributed by atoms with Gasteiger partial charge in [0.1, 0.15) is 6.61 Å². The molecular weight excluding hydrogens is 266 g/mol. The van der Waals surface area contributed by atoms with Gasteiger partial charge in [-0.2, -0.15) is 0 Å². The highest BCUT2D eigenvalue weighted by Gasteiger charge is 2.08. The lowest BCUT2D eigenvalue weighted by molar-refractivity contribution is -0.144. The topological polar surface area (TPSA) is 55.4 Å². The smallest absolute Gasteiger partial charge is 0.310 e. The van der Waals surface area contributed by atoms with Gasteiger partial charge in [-0.15, -0.1) is 0 Å². The molecule has 4 heteroatoms. The average molecular weight is 283 g/mol. The van der Waals surface area contributed by atoms with Gasteiger partial charge in [0.15, 0.2) is 0 Å². The van der Waals surface area contributed by atoms with Gasteiger partial charge in [0.05, 0.1) is 6.42 Å². The Kier molecular flexibility index (Phi) is 5.10. The van der Waals surface area contributed by atoms with Crippen LogP contribution in [0.3, 0.4) is 0 Å². The van der Waals surface area contributed by atoms with Crippen molar-refractivity contribution in [2.24, 2.45) is 0 Å². The molecule has 0 aliphatic carbocycles. The van der Waals surface area contributed by atoms with Crippen molar-refractivity contribution in [1.29, 1.82) is 0 Å². The van der Waals surface area contributed by atoms with Crippen LogP contribution < -0.4 is 5.32 Å². The van der Waals surface area contributed by atoms with E-state index in [0.717, 1.165) is 11.1 Å². The van der Waals surface area contributed by atoms with Gasteiger partial charge in [-0.1, -0.05) is 42.5 Å². The number of benzene rings is 2. The SMILES string of the molecule is CNC(=O)c1cccc(CC(=O)OCc2ccccc2)c1. The van der Waals surface area contributed by atoms with Crippen LogP contribution in [0.15, 0.2) is 54.6 Å². The Balaban J connectivity index is 1.92. The maximum Gasteiger partial charge on any atom is 0.310 e. The predicted octanol–water partition coefficient (Wildman–Crippen LogP) is 2.33. The zero-order valence-electron chi connectivity index (χ0n) is 11.8. The van der Waals surface area contributed by atoms with Gasteiger partial charge < -0.3 is 10.1 Å². The summed E-state index contributed by atoms with van der Waals surface area (Å²) >= 11 is 0. The molecule has 0 spiro atoms. The fourth-order valence-electron chi connectivity index (χ4n) is 1.92. The zero-order chi connectivity index (χ0) is 15.1. The summed E-state index contributed by atoms with van der Waals surface area (Å²) in [5.74, 6) is -0.484. The molecule has 2 rings (SSSR count). The van der Waals surface area contributed by atoms with Crippen molar-refractivity contribution in [2.45, 2.75) is 13.0 Å². The van der Waals surface area contributed by atoms with E-state index in [2.05, 4.69) is 5.32 Å². The van der Waals surface area contributed by atoms with E-state index in [9.17, 15) is 9.59 Å². The van der Waals surface area contributed by atoms with E-state index in [1.54, 1.807) is 31.3 Å². The van der Waals surface area contributed by atoms with Crippen LogP contribution in [0, 0.1) is 0 Å². The molecule has 1 amide bonds. The Bertz CT molecular complexity index is 623. The number of nitrogens with one attached hydrogen (secondary N) is 1. The van der Waals surface area contributed by atoms with Crippen molar-refractivity contribution in [1.82, 2.24) is 5.32 Å². The second kappa shape index (κ2) is 7.24. The summed E-state index contributed by atoms with van der Waals surface area (Å²) in [6, 6.07) is 16.5. The summed E-state index contributed by atoms with van der Waals surface area (Å²) in [6.45, 7) is 0.259. The van der Waals surface area contributed by atoms with E-state index in [4.69, 9.17) is 4.74 Å². The fraction of sp³-hybridized carbons (Fsp3) is 0.176. The number of carbonyl (C=O) groups is 2. The molecule has 0 heterocycles. The average Bonchev–Trinajstić information content (AvgIpc) is 2.53. The Labute approximate surface area is 123 Å². The Morgan fingerprint density at radius 1 is 1.00 bits per heavy atom. The molecule has 108 valence electrons. The van der Waals surface area contributed by atoms with Crippen molar-refractivity contribution in [2.75, 3.05) is 7.05 Å². The molecule has 0 atom stereocenters. The van der Waals surface area contributed by atoms with Crippen LogP contribution >= 0.6 is 0 Å². The molecule has 0 aliphatic heterocycles. The first-order chi connectivity index (χ1) is 10.2. The van der Waals surface area contributed by atoms with E-state index < -0.39 is 0 Å². The summed E-state index contributed by atoms with van der Waals surface area (Å²) in [6.07, 6.45) is 0.150. The predicted molar refractivity (Wildman–Crippen MR) is 79.8 cm³/mol. The fourth-order valence-corrected chi connectivity index (χ4v) is 1.92. The minimum Gasteiger partial charge on any atom is -0.461 e. The third-order valence-electron chi connectivity index (χ3n) is 3.01. The number of rotatable bonds is 5. The second-order valence-corrected chi connectivity index (χ2v) is 4.60. The highest BCUT2D eigenvalue weighted by molar-refractivity contribution is 5.94. The minimum absolute atomic E-state index is 0.150. The zero-order valence-corrected chi connectivity index (χ0v) is 11.8. The summed E-state index contributed by atoms with van der Waals surface area (Å²) in [5.41, 5.74) is 2.24. The molecule has 0 aromatic heterocycles. The minimum atomic E-state index is -0.312. The molecular formula is C17H17NO3. The summed E-state index contributed by atoms with van der Waals surface area (Å²) in [7, 11) is 1.57. The first-order valence-electron chi connectivity index (χ1n) is 6.69. The monoisotopic (exact) mass is 283 g/mol. The van der Waals surface area contributed by atoms with Crippen LogP contribution in [0.4, 0.5) is 0 Å². The van der Waals surface area contributed by atoms with Crippen LogP contribution in [0.5, 0.6) is 0 Å². The van der Waals surface area contributed by atoms with Crippen LogP contribution in [0.25, 0.3) is 0 Å². The van der Waals surface area contributed by atoms with Gasteiger partial charge in [0.2, 0.25) is 0 Å². The molecule has 0 fully saturated rings. The molecule has 0 bridgehead atoms. The number of hydrogen-bond donors (Lipinski definition) is 1. The quantitative estimate of drug-likeness (QED) is 0.857. The van der Waals surface area contributed by atoms with Crippen molar-refractivity contribution in [3.8, 4) is 0 Å². The van der Waals surface area contributed by atoms with Crippen molar-refractivity contribution < 1.29 is 14.3 Å². The second-order valence-electron chi connectivity index (χ2n) is 4.60. The molecule has 0 radical (unpaired) electrons. The molecule has 1 N–H and O–H groups in total. The Morgan fingerprint density at radius 2 is 1.71 bits per heavy atom. The van der Waals surface area contributed by atoms with E-state index in [1.165, 1.54) is 0 Å². The standard InChI is InChI=1S/C17H17NO3/c1-18-17(20)15-9-5-8-14(10-15)11-16(19)21-12-13-6-3-2-4-7-13/h2-10H,11-12H2,1H3,(H,18,20). The Hall–Kier alpha value is -2.62. The molecule has 21 heavy (non-hydrogen) atoms.